The van der Waals surface area contributed by atoms with Crippen LogP contribution in [0.2, 0.25) is 0 Å². The van der Waals surface area contributed by atoms with Crippen LogP contribution in [0.4, 0.5) is 0 Å². The molecule has 2 heterocycles. The zero-order valence-corrected chi connectivity index (χ0v) is 35.2. The molecule has 2 aliphatic heterocycles. The molecule has 0 aromatic heterocycles. The monoisotopic (exact) mass is 790 g/mol. The summed E-state index contributed by atoms with van der Waals surface area (Å²) in [5, 5.41) is 33.0. The van der Waals surface area contributed by atoms with Gasteiger partial charge in [0.25, 0.3) is 18.2 Å². The van der Waals surface area contributed by atoms with E-state index in [-0.39, 0.29) is 42.3 Å². The molecule has 0 aromatic rings. The quantitative estimate of drug-likeness (QED) is 0.0747. The molecule has 318 valence electrons. The number of ether oxygens (including phenoxy) is 4. The molecule has 1 amide bonds. The summed E-state index contributed by atoms with van der Waals surface area (Å²) in [5.74, 6) is -5.38. The van der Waals surface area contributed by atoms with Crippen molar-refractivity contribution in [1.82, 2.24) is 4.90 Å². The maximum Gasteiger partial charge on any atom is 0.296 e. The van der Waals surface area contributed by atoms with Crippen LogP contribution in [0.5, 0.6) is 0 Å². The van der Waals surface area contributed by atoms with Crippen molar-refractivity contribution in [2.75, 3.05) is 20.8 Å². The molecule has 3 aliphatic rings. The van der Waals surface area contributed by atoms with Gasteiger partial charge in [0.05, 0.1) is 30.5 Å². The van der Waals surface area contributed by atoms with Crippen molar-refractivity contribution in [2.24, 2.45) is 29.6 Å². The van der Waals surface area contributed by atoms with Crippen molar-refractivity contribution in [3.63, 3.8) is 0 Å². The molecule has 3 N–H and O–H groups in total. The topological polar surface area (TPSA) is 169 Å². The largest absolute Gasteiger partial charge is 0.460 e. The molecule has 12 heteroatoms. The van der Waals surface area contributed by atoms with E-state index in [1.54, 1.807) is 39.0 Å². The molecule has 0 spiro atoms. The van der Waals surface area contributed by atoms with Crippen molar-refractivity contribution in [1.29, 1.82) is 0 Å². The lowest BCUT2D eigenvalue weighted by Gasteiger charge is -2.45. The van der Waals surface area contributed by atoms with E-state index in [0.717, 1.165) is 36.8 Å². The van der Waals surface area contributed by atoms with E-state index in [1.165, 1.54) is 0 Å². The van der Waals surface area contributed by atoms with Gasteiger partial charge in [-0.2, -0.15) is 0 Å². The zero-order valence-electron chi connectivity index (χ0n) is 35.2. The Balaban J connectivity index is 1.61. The highest BCUT2D eigenvalue weighted by molar-refractivity contribution is 6.38. The van der Waals surface area contributed by atoms with Crippen LogP contribution >= 0.6 is 0 Å². The number of aliphatic hydroxyl groups is 3. The molecule has 2 saturated heterocycles. The average molecular weight is 790 g/mol. The highest BCUT2D eigenvalue weighted by Gasteiger charge is 2.54. The van der Waals surface area contributed by atoms with E-state index in [0.29, 0.717) is 58.0 Å². The molecular formula is C44H71NO11. The summed E-state index contributed by atoms with van der Waals surface area (Å²) in [6.07, 6.45) is 9.29. The number of carbonyl (C=O) groups excluding carboxylic acids is 4. The van der Waals surface area contributed by atoms with E-state index >= 15 is 0 Å². The summed E-state index contributed by atoms with van der Waals surface area (Å²) in [4.78, 5) is 53.5. The maximum atomic E-state index is 13.6. The van der Waals surface area contributed by atoms with Gasteiger partial charge in [-0.25, -0.2) is 0 Å². The second-order valence-electron chi connectivity index (χ2n) is 17.0. The first-order chi connectivity index (χ1) is 26.5. The van der Waals surface area contributed by atoms with Crippen LogP contribution in [-0.2, 0) is 38.1 Å². The Hall–Kier alpha value is -2.74. The summed E-state index contributed by atoms with van der Waals surface area (Å²) in [5.41, 5.74) is 1.78. The molecule has 1 aliphatic carbocycles. The molecule has 0 radical (unpaired) electrons. The summed E-state index contributed by atoms with van der Waals surface area (Å²) in [6.45, 7) is 16.0. The van der Waals surface area contributed by atoms with Crippen molar-refractivity contribution in [3.05, 3.63) is 36.0 Å². The van der Waals surface area contributed by atoms with Crippen LogP contribution in [0.1, 0.15) is 119 Å². The smallest absolute Gasteiger partial charge is 0.296 e. The molecule has 56 heavy (non-hydrogen) atoms. The number of methoxy groups -OCH3 is 2. The third-order valence-corrected chi connectivity index (χ3v) is 12.6. The summed E-state index contributed by atoms with van der Waals surface area (Å²) < 4.78 is 22.8. The lowest BCUT2D eigenvalue weighted by Crippen LogP contribution is -2.62. The number of Topliss-reactive ketones (excluding diaryl/α,β-unsaturated/α-hetero) is 2. The van der Waals surface area contributed by atoms with E-state index in [1.807, 2.05) is 32.9 Å². The highest BCUT2D eigenvalue weighted by atomic mass is 16.7. The van der Waals surface area contributed by atoms with Crippen molar-refractivity contribution < 1.29 is 53.4 Å². The number of ketones is 2. The van der Waals surface area contributed by atoms with Crippen molar-refractivity contribution in [2.45, 2.75) is 167 Å². The minimum Gasteiger partial charge on any atom is -0.460 e. The Morgan fingerprint density at radius 1 is 1.02 bits per heavy atom. The van der Waals surface area contributed by atoms with Crippen LogP contribution in [0, 0.1) is 29.6 Å². The average Bonchev–Trinajstić information content (AvgIpc) is 3.16. The first-order valence-corrected chi connectivity index (χ1v) is 20.8. The van der Waals surface area contributed by atoms with Crippen molar-refractivity contribution in [3.8, 4) is 0 Å². The third-order valence-electron chi connectivity index (χ3n) is 12.6. The molecule has 13 atom stereocenters. The number of rotatable bonds is 21. The zero-order chi connectivity index (χ0) is 41.7. The van der Waals surface area contributed by atoms with Crippen molar-refractivity contribution >= 4 is 23.9 Å². The van der Waals surface area contributed by atoms with Gasteiger partial charge in [0.1, 0.15) is 11.9 Å². The number of amides is 1. The second-order valence-corrected chi connectivity index (χ2v) is 17.0. The Bertz CT molecular complexity index is 1380. The summed E-state index contributed by atoms with van der Waals surface area (Å²) in [6, 6.07) is -0.0709. The van der Waals surface area contributed by atoms with Crippen LogP contribution in [0.25, 0.3) is 0 Å². The number of aliphatic hydroxyl groups excluding tert-OH is 2. The SMILES string of the molecule is C=CC[C@H](/C=C(\C)C[C@H](C)CC[C@H]1O[C@@](O)(C(=O)C(=O)N2CCCC[C@H]2C)[C@H](C)C[C@@H]1OC)C(=O)C[C@H](O)[C@@H](C)[C@H](OC=O)/C(C)=C/[C@@H]1CC[C@@H](O)[C@H](OC)C1. The molecular weight excluding hydrogens is 718 g/mol. The predicted octanol–water partition coefficient (Wildman–Crippen LogP) is 5.65. The Morgan fingerprint density at radius 2 is 1.71 bits per heavy atom. The van der Waals surface area contributed by atoms with E-state index in [2.05, 4.69) is 13.5 Å². The fourth-order valence-corrected chi connectivity index (χ4v) is 8.99. The second kappa shape index (κ2) is 22.4. The molecule has 0 bridgehead atoms. The van der Waals surface area contributed by atoms with Gasteiger partial charge in [0.2, 0.25) is 5.79 Å². The number of likely N-dealkylation sites (tertiary alicyclic amines) is 1. The molecule has 3 rings (SSSR count). The minimum absolute atomic E-state index is 0.0709. The van der Waals surface area contributed by atoms with E-state index in [9.17, 15) is 34.5 Å². The van der Waals surface area contributed by atoms with Crippen LogP contribution in [0.15, 0.2) is 36.0 Å². The van der Waals surface area contributed by atoms with Crippen LogP contribution in [0.3, 0.4) is 0 Å². The molecule has 0 aromatic carbocycles. The Morgan fingerprint density at radius 3 is 2.34 bits per heavy atom. The summed E-state index contributed by atoms with van der Waals surface area (Å²) in [7, 11) is 3.16. The highest BCUT2D eigenvalue weighted by Crippen LogP contribution is 2.38. The molecule has 3 fully saturated rings. The van der Waals surface area contributed by atoms with Gasteiger partial charge in [0, 0.05) is 51.0 Å². The van der Waals surface area contributed by atoms with Gasteiger partial charge >= 0.3 is 0 Å². The number of carbonyl (C=O) groups is 4. The number of piperidine rings is 1. The van der Waals surface area contributed by atoms with E-state index in [4.69, 9.17) is 18.9 Å². The third kappa shape index (κ3) is 12.6. The number of nitrogens with zero attached hydrogens (tertiary/aromatic N) is 1. The van der Waals surface area contributed by atoms with Gasteiger partial charge < -0.3 is 39.2 Å². The molecule has 12 nitrogen and oxygen atoms in total. The summed E-state index contributed by atoms with van der Waals surface area (Å²) >= 11 is 0. The fourth-order valence-electron chi connectivity index (χ4n) is 8.99. The van der Waals surface area contributed by atoms with Gasteiger partial charge in [0.15, 0.2) is 0 Å². The molecule has 0 unspecified atom stereocenters. The lowest BCUT2D eigenvalue weighted by atomic mass is 9.81. The lowest BCUT2D eigenvalue weighted by molar-refractivity contribution is -0.287. The van der Waals surface area contributed by atoms with Gasteiger partial charge in [-0.3, -0.25) is 19.2 Å². The standard InChI is InChI=1S/C44H71NO11/c1-10-13-34(37(49)25-36(48)32(7)41(55-26-46)29(4)22-33-16-17-35(47)39(24-33)53-8)21-28(3)20-27(2)15-18-38-40(54-9)23-30(5)44(52,56-38)42(50)43(51)45-19-12-11-14-31(45)6/h10,21-22,26-27,30-36,38-41,47-48,52H,1,11-20,23-25H2,2-9H3/b28-21+,29-22+/t27-,30-,31-,32-,33+,34-,35-,36+,38-,39-,40+,41-,44-/m1/s1. The Kier molecular flexibility index (Phi) is 19.1. The van der Waals surface area contributed by atoms with Gasteiger partial charge in [-0.1, -0.05) is 44.6 Å². The molecule has 1 saturated carbocycles. The minimum atomic E-state index is -2.23. The van der Waals surface area contributed by atoms with Gasteiger partial charge in [-0.15, -0.1) is 6.58 Å². The van der Waals surface area contributed by atoms with E-state index < -0.39 is 59.6 Å². The Labute approximate surface area is 335 Å². The predicted molar refractivity (Wildman–Crippen MR) is 213 cm³/mol. The number of allylic oxidation sites excluding steroid dienone is 4. The number of hydrogen-bond acceptors (Lipinski definition) is 11. The van der Waals surface area contributed by atoms with Crippen LogP contribution in [-0.4, -0.2) is 113 Å². The normalized spacial score (nSPS) is 31.8. The first-order valence-electron chi connectivity index (χ1n) is 20.8. The number of hydrogen-bond donors (Lipinski definition) is 3. The maximum absolute atomic E-state index is 13.6. The first kappa shape index (κ1) is 47.6. The van der Waals surface area contributed by atoms with Gasteiger partial charge in [-0.05, 0) is 109 Å². The fraction of sp³-hybridized carbons (Fsp3) is 0.773. The van der Waals surface area contributed by atoms with Crippen LogP contribution < -0.4 is 0 Å².